The van der Waals surface area contributed by atoms with Gasteiger partial charge in [0.25, 0.3) is 0 Å². The Hall–Kier alpha value is -1.06. The van der Waals surface area contributed by atoms with E-state index in [4.69, 9.17) is 16.7 Å². The van der Waals surface area contributed by atoms with Gasteiger partial charge in [0.1, 0.15) is 0 Å². The molecule has 0 aliphatic heterocycles. The molecule has 0 saturated carbocycles. The average Bonchev–Trinajstić information content (AvgIpc) is 2.13. The number of nitrogens with one attached hydrogen (secondary N) is 1. The maximum absolute atomic E-state index is 11.2. The summed E-state index contributed by atoms with van der Waals surface area (Å²) < 4.78 is 0. The molecular weight excluding hydrogens is 214 g/mol. The first-order chi connectivity index (χ1) is 6.99. The van der Waals surface area contributed by atoms with E-state index in [-0.39, 0.29) is 5.78 Å². The van der Waals surface area contributed by atoms with Gasteiger partial charge in [-0.1, -0.05) is 11.6 Å². The molecule has 1 aromatic rings. The predicted octanol–water partition coefficient (Wildman–Crippen LogP) is 2.34. The molecule has 1 aromatic carbocycles. The Balaban J connectivity index is 2.84. The Bertz CT molecular complexity index is 364. The van der Waals surface area contributed by atoms with Crippen molar-refractivity contribution in [2.45, 2.75) is 20.0 Å². The second-order valence-electron chi connectivity index (χ2n) is 3.51. The molecule has 2 N–H and O–H groups in total. The number of Topliss-reactive ketones (excluding diaryl/α,β-unsaturated/α-hetero) is 1. The molecule has 15 heavy (non-hydrogen) atoms. The Morgan fingerprint density at radius 1 is 1.53 bits per heavy atom. The lowest BCUT2D eigenvalue weighted by atomic mass is 10.1. The number of carbonyl (C=O) groups excluding carboxylic acids is 1. The molecule has 0 bridgehead atoms. The maximum Gasteiger partial charge on any atom is 0.159 e. The minimum atomic E-state index is -0.440. The monoisotopic (exact) mass is 227 g/mol. The highest BCUT2D eigenvalue weighted by Crippen LogP contribution is 2.19. The molecule has 0 amide bonds. The number of benzene rings is 1. The lowest BCUT2D eigenvalue weighted by Gasteiger charge is -2.09. The number of halogens is 1. The van der Waals surface area contributed by atoms with Crippen molar-refractivity contribution in [3.63, 3.8) is 0 Å². The van der Waals surface area contributed by atoms with Crippen LogP contribution >= 0.6 is 11.6 Å². The van der Waals surface area contributed by atoms with E-state index in [1.165, 1.54) is 6.92 Å². The summed E-state index contributed by atoms with van der Waals surface area (Å²) in [5.74, 6) is -0.0300. The third-order valence-corrected chi connectivity index (χ3v) is 2.12. The number of hydrogen-bond donors (Lipinski definition) is 2. The number of aliphatic hydroxyl groups excluding tert-OH is 1. The summed E-state index contributed by atoms with van der Waals surface area (Å²) in [6.45, 7) is 3.60. The fraction of sp³-hybridized carbons (Fsp3) is 0.364. The van der Waals surface area contributed by atoms with Crippen LogP contribution in [-0.4, -0.2) is 23.5 Å². The Morgan fingerprint density at radius 2 is 2.20 bits per heavy atom. The molecule has 0 aliphatic carbocycles. The van der Waals surface area contributed by atoms with Crippen LogP contribution in [-0.2, 0) is 0 Å². The molecule has 0 fully saturated rings. The number of rotatable bonds is 4. The molecular formula is C11H14ClNO2. The molecule has 82 valence electrons. The van der Waals surface area contributed by atoms with Crippen LogP contribution in [0.25, 0.3) is 0 Å². The summed E-state index contributed by atoms with van der Waals surface area (Å²) in [6.07, 6.45) is -0.440. The van der Waals surface area contributed by atoms with Crippen LogP contribution in [0.1, 0.15) is 24.2 Å². The Labute approximate surface area is 94.1 Å². The topological polar surface area (TPSA) is 49.3 Å². The predicted molar refractivity (Wildman–Crippen MR) is 61.6 cm³/mol. The van der Waals surface area contributed by atoms with Crippen LogP contribution in [0.2, 0.25) is 5.02 Å². The zero-order valence-corrected chi connectivity index (χ0v) is 9.51. The van der Waals surface area contributed by atoms with E-state index in [0.29, 0.717) is 17.1 Å². The zero-order chi connectivity index (χ0) is 11.4. The van der Waals surface area contributed by atoms with Crippen molar-refractivity contribution in [2.24, 2.45) is 0 Å². The Kier molecular flexibility index (Phi) is 4.12. The van der Waals surface area contributed by atoms with E-state index in [1.807, 2.05) is 0 Å². The van der Waals surface area contributed by atoms with E-state index < -0.39 is 6.10 Å². The largest absolute Gasteiger partial charge is 0.392 e. The summed E-state index contributed by atoms with van der Waals surface area (Å²) in [5.41, 5.74) is 1.31. The van der Waals surface area contributed by atoms with Gasteiger partial charge in [-0.2, -0.15) is 0 Å². The molecule has 0 aliphatic rings. The summed E-state index contributed by atoms with van der Waals surface area (Å²) in [7, 11) is 0. The van der Waals surface area contributed by atoms with Crippen LogP contribution in [0.15, 0.2) is 18.2 Å². The van der Waals surface area contributed by atoms with Crippen molar-refractivity contribution in [3.8, 4) is 0 Å². The number of ketones is 1. The minimum Gasteiger partial charge on any atom is -0.392 e. The van der Waals surface area contributed by atoms with Gasteiger partial charge in [-0.15, -0.1) is 0 Å². The summed E-state index contributed by atoms with van der Waals surface area (Å²) in [6, 6.07) is 5.06. The number of carbonyl (C=O) groups is 1. The molecule has 0 heterocycles. The molecule has 0 spiro atoms. The lowest BCUT2D eigenvalue weighted by molar-refractivity contribution is 0.101. The lowest BCUT2D eigenvalue weighted by Crippen LogP contribution is -2.15. The second-order valence-corrected chi connectivity index (χ2v) is 3.95. The third kappa shape index (κ3) is 3.90. The van der Waals surface area contributed by atoms with E-state index >= 15 is 0 Å². The first-order valence-corrected chi connectivity index (χ1v) is 5.10. The molecule has 0 radical (unpaired) electrons. The molecule has 3 nitrogen and oxygen atoms in total. The quantitative estimate of drug-likeness (QED) is 0.777. The van der Waals surface area contributed by atoms with Gasteiger partial charge in [-0.05, 0) is 32.0 Å². The van der Waals surface area contributed by atoms with E-state index in [1.54, 1.807) is 25.1 Å². The fourth-order valence-electron chi connectivity index (χ4n) is 1.16. The molecule has 0 saturated heterocycles. The zero-order valence-electron chi connectivity index (χ0n) is 8.75. The van der Waals surface area contributed by atoms with Gasteiger partial charge in [-0.25, -0.2) is 0 Å². The molecule has 1 rings (SSSR count). The van der Waals surface area contributed by atoms with Gasteiger partial charge >= 0.3 is 0 Å². The molecule has 0 aromatic heterocycles. The van der Waals surface area contributed by atoms with Crippen LogP contribution < -0.4 is 5.32 Å². The van der Waals surface area contributed by atoms with Crippen molar-refractivity contribution < 1.29 is 9.90 Å². The first kappa shape index (κ1) is 12.0. The summed E-state index contributed by atoms with van der Waals surface area (Å²) >= 11 is 5.85. The average molecular weight is 228 g/mol. The van der Waals surface area contributed by atoms with Crippen molar-refractivity contribution in [2.75, 3.05) is 11.9 Å². The molecule has 1 unspecified atom stereocenters. The van der Waals surface area contributed by atoms with Crippen LogP contribution in [0, 0.1) is 0 Å². The van der Waals surface area contributed by atoms with Crippen LogP contribution in [0.3, 0.4) is 0 Å². The highest BCUT2D eigenvalue weighted by Gasteiger charge is 2.04. The van der Waals surface area contributed by atoms with Crippen LogP contribution in [0.4, 0.5) is 5.69 Å². The van der Waals surface area contributed by atoms with Gasteiger partial charge in [0.15, 0.2) is 5.78 Å². The van der Waals surface area contributed by atoms with Gasteiger partial charge in [0.2, 0.25) is 0 Å². The summed E-state index contributed by atoms with van der Waals surface area (Å²) in [4.78, 5) is 11.2. The van der Waals surface area contributed by atoms with Crippen molar-refractivity contribution in [1.29, 1.82) is 0 Å². The standard InChI is InChI=1S/C11H14ClNO2/c1-7(14)6-13-11-4-9(8(2)15)3-10(12)5-11/h3-5,7,13-14H,6H2,1-2H3. The highest BCUT2D eigenvalue weighted by atomic mass is 35.5. The number of anilines is 1. The Morgan fingerprint density at radius 3 is 2.73 bits per heavy atom. The van der Waals surface area contributed by atoms with Gasteiger partial charge < -0.3 is 10.4 Å². The smallest absolute Gasteiger partial charge is 0.159 e. The van der Waals surface area contributed by atoms with Crippen LogP contribution in [0.5, 0.6) is 0 Å². The fourth-order valence-corrected chi connectivity index (χ4v) is 1.40. The van der Waals surface area contributed by atoms with Gasteiger partial charge in [0.05, 0.1) is 6.10 Å². The van der Waals surface area contributed by atoms with Crippen molar-refractivity contribution in [3.05, 3.63) is 28.8 Å². The molecule has 1 atom stereocenters. The maximum atomic E-state index is 11.2. The van der Waals surface area contributed by atoms with Gasteiger partial charge in [-0.3, -0.25) is 4.79 Å². The van der Waals surface area contributed by atoms with Crippen molar-refractivity contribution in [1.82, 2.24) is 0 Å². The first-order valence-electron chi connectivity index (χ1n) is 4.72. The SMILES string of the molecule is CC(=O)c1cc(Cl)cc(NCC(C)O)c1. The second kappa shape index (κ2) is 5.14. The van der Waals surface area contributed by atoms with E-state index in [0.717, 1.165) is 5.69 Å². The normalized spacial score (nSPS) is 12.3. The molecule has 4 heteroatoms. The van der Waals surface area contributed by atoms with Crippen molar-refractivity contribution >= 4 is 23.1 Å². The minimum absolute atomic E-state index is 0.0300. The summed E-state index contributed by atoms with van der Waals surface area (Å²) in [5, 5.41) is 12.6. The van der Waals surface area contributed by atoms with E-state index in [2.05, 4.69) is 5.32 Å². The number of aliphatic hydroxyl groups is 1. The number of hydrogen-bond acceptors (Lipinski definition) is 3. The van der Waals surface area contributed by atoms with E-state index in [9.17, 15) is 4.79 Å². The third-order valence-electron chi connectivity index (χ3n) is 1.91. The van der Waals surface area contributed by atoms with Gasteiger partial charge in [0, 0.05) is 22.8 Å². The highest BCUT2D eigenvalue weighted by molar-refractivity contribution is 6.31.